The summed E-state index contributed by atoms with van der Waals surface area (Å²) in [5, 5.41) is 6.47. The summed E-state index contributed by atoms with van der Waals surface area (Å²) in [6, 6.07) is 72.0. The van der Waals surface area contributed by atoms with Crippen LogP contribution in [0.25, 0.3) is 76.9 Å². The maximum Gasteiger partial charge on any atom is 0.160 e. The lowest BCUT2D eigenvalue weighted by Crippen LogP contribution is -2.17. The smallest absolute Gasteiger partial charge is 0.160 e. The molecule has 10 aromatic carbocycles. The van der Waals surface area contributed by atoms with Crippen LogP contribution in [0.3, 0.4) is 0 Å². The van der Waals surface area contributed by atoms with E-state index in [1.54, 1.807) is 0 Å². The topological polar surface area (TPSA) is 32.8 Å². The summed E-state index contributed by atoms with van der Waals surface area (Å²) in [6.45, 7) is 23.1. The highest BCUT2D eigenvalue weighted by atomic mass is 16.3. The summed E-state index contributed by atoms with van der Waals surface area (Å²) >= 11 is 0. The zero-order valence-corrected chi connectivity index (χ0v) is 45.2. The third-order valence-electron chi connectivity index (χ3n) is 17.2. The maximum atomic E-state index is 7.44. The Morgan fingerprint density at radius 1 is 0.329 bits per heavy atom. The Kier molecular flexibility index (Phi) is 9.78. The van der Waals surface area contributed by atoms with E-state index in [-0.39, 0.29) is 21.7 Å². The van der Waals surface area contributed by atoms with Crippen molar-refractivity contribution >= 4 is 88.8 Å². The number of anilines is 6. The van der Waals surface area contributed by atoms with Crippen molar-refractivity contribution in [3.05, 3.63) is 228 Å². The molecule has 0 spiro atoms. The third kappa shape index (κ3) is 6.75. The Morgan fingerprint density at radius 2 is 0.750 bits per heavy atom. The van der Waals surface area contributed by atoms with Gasteiger partial charge >= 0.3 is 0 Å². The number of hydrogen-bond donors (Lipinski definition) is 0. The molecule has 0 radical (unpaired) electrons. The van der Waals surface area contributed by atoms with E-state index in [0.29, 0.717) is 0 Å². The van der Waals surface area contributed by atoms with Crippen LogP contribution in [0.4, 0.5) is 34.1 Å². The van der Waals surface area contributed by atoms with Crippen molar-refractivity contribution in [3.63, 3.8) is 0 Å². The van der Waals surface area contributed by atoms with Crippen LogP contribution in [-0.2, 0) is 21.7 Å². The fourth-order valence-corrected chi connectivity index (χ4v) is 13.1. The second-order valence-corrected chi connectivity index (χ2v) is 24.6. The molecule has 372 valence electrons. The van der Waals surface area contributed by atoms with Gasteiger partial charge in [-0.15, -0.1) is 0 Å². The first kappa shape index (κ1) is 46.2. The van der Waals surface area contributed by atoms with E-state index in [1.807, 2.05) is 0 Å². The van der Waals surface area contributed by atoms with Crippen LogP contribution < -0.4 is 9.80 Å². The number of nitrogens with zero attached hydrogens (tertiary/aromatic N) is 2. The zero-order valence-electron chi connectivity index (χ0n) is 45.2. The molecule has 2 aliphatic carbocycles. The number of fused-ring (bicyclic) bond motifs is 15. The molecule has 2 heterocycles. The standard InChI is InChI=1S/C72H62N2O2/c1-69(2,3)43-27-31-45(32-28-43)73(47-35-37-51-49-19-13-16-24-56(49)71(7,8)58(51)39-47)60-41-63-65(54-22-12-11-21-53(54)60)67-64(75-63)42-61(68-66(67)55-23-15-18-26-62(55)76-68)74(46-33-29-44(30-34-46)70(4,5)6)48-36-38-52-50-20-14-17-25-57(50)72(9,10)59(52)40-48/h11-42H,1-10H3. The molecule has 0 amide bonds. The lowest BCUT2D eigenvalue weighted by Gasteiger charge is -2.30. The minimum Gasteiger partial charge on any atom is -0.456 e. The van der Waals surface area contributed by atoms with Crippen LogP contribution in [0.5, 0.6) is 0 Å². The van der Waals surface area contributed by atoms with Gasteiger partial charge in [0.2, 0.25) is 0 Å². The van der Waals surface area contributed by atoms with Gasteiger partial charge in [-0.3, -0.25) is 0 Å². The van der Waals surface area contributed by atoms with E-state index in [4.69, 9.17) is 8.83 Å². The first-order chi connectivity index (χ1) is 36.5. The second-order valence-electron chi connectivity index (χ2n) is 24.6. The molecule has 14 rings (SSSR count). The van der Waals surface area contributed by atoms with Gasteiger partial charge in [0, 0.05) is 72.6 Å². The molecule has 76 heavy (non-hydrogen) atoms. The first-order valence-corrected chi connectivity index (χ1v) is 27.0. The van der Waals surface area contributed by atoms with E-state index < -0.39 is 0 Å². The fraction of sp³-hybridized carbons (Fsp3) is 0.194. The molecule has 4 heteroatoms. The highest BCUT2D eigenvalue weighted by Gasteiger charge is 2.38. The van der Waals surface area contributed by atoms with Crippen LogP contribution in [0.2, 0.25) is 0 Å². The molecule has 0 unspecified atom stereocenters. The fourth-order valence-electron chi connectivity index (χ4n) is 13.1. The van der Waals surface area contributed by atoms with Gasteiger partial charge in [0.1, 0.15) is 16.7 Å². The van der Waals surface area contributed by atoms with Crippen molar-refractivity contribution in [1.82, 2.24) is 0 Å². The van der Waals surface area contributed by atoms with Crippen LogP contribution >= 0.6 is 0 Å². The second kappa shape index (κ2) is 16.1. The molecule has 0 atom stereocenters. The van der Waals surface area contributed by atoms with Gasteiger partial charge < -0.3 is 18.6 Å². The average molecular weight is 987 g/mol. The highest BCUT2D eigenvalue weighted by Crippen LogP contribution is 2.56. The summed E-state index contributed by atoms with van der Waals surface area (Å²) in [5.41, 5.74) is 22.3. The minimum atomic E-state index is -0.191. The lowest BCUT2D eigenvalue weighted by molar-refractivity contribution is 0.590. The minimum absolute atomic E-state index is 0.00248. The Labute approximate surface area is 445 Å². The van der Waals surface area contributed by atoms with Crippen LogP contribution in [0.15, 0.2) is 203 Å². The Bertz CT molecular complexity index is 4360. The molecule has 0 saturated heterocycles. The van der Waals surface area contributed by atoms with Gasteiger partial charge in [-0.25, -0.2) is 0 Å². The van der Waals surface area contributed by atoms with Crippen molar-refractivity contribution in [2.75, 3.05) is 9.80 Å². The summed E-state index contributed by atoms with van der Waals surface area (Å²) in [5.74, 6) is 0. The molecule has 2 aromatic heterocycles. The maximum absolute atomic E-state index is 7.44. The number of hydrogen-bond acceptors (Lipinski definition) is 4. The average Bonchev–Trinajstić information content (AvgIpc) is 4.32. The van der Waals surface area contributed by atoms with E-state index in [1.165, 1.54) is 55.6 Å². The van der Waals surface area contributed by atoms with Crippen molar-refractivity contribution in [2.24, 2.45) is 0 Å². The van der Waals surface area contributed by atoms with Crippen LogP contribution in [0.1, 0.15) is 103 Å². The van der Waals surface area contributed by atoms with E-state index in [2.05, 4.69) is 273 Å². The SMILES string of the molecule is CC(C)(C)c1ccc(N(c2ccc3c(c2)C(C)(C)c2ccccc2-3)c2cc3oc4cc(N(c5ccc(C(C)(C)C)cc5)c5ccc6c(c5)C(C)(C)c5ccccc5-6)c5oc6ccccc6c5c4c3c3ccccc23)cc1. The zero-order chi connectivity index (χ0) is 52.2. The van der Waals surface area contributed by atoms with Crippen LogP contribution in [0, 0.1) is 0 Å². The van der Waals surface area contributed by atoms with E-state index >= 15 is 0 Å². The lowest BCUT2D eigenvalue weighted by atomic mass is 9.82. The van der Waals surface area contributed by atoms with Crippen LogP contribution in [-0.4, -0.2) is 0 Å². The first-order valence-electron chi connectivity index (χ1n) is 27.0. The number of furan rings is 2. The molecule has 0 bridgehead atoms. The van der Waals surface area contributed by atoms with E-state index in [9.17, 15) is 0 Å². The monoisotopic (exact) mass is 986 g/mol. The van der Waals surface area contributed by atoms with Gasteiger partial charge in [-0.1, -0.05) is 197 Å². The van der Waals surface area contributed by atoms with Crippen molar-refractivity contribution in [1.29, 1.82) is 0 Å². The molecule has 4 nitrogen and oxygen atoms in total. The summed E-state index contributed by atoms with van der Waals surface area (Å²) in [6.07, 6.45) is 0. The quantitative estimate of drug-likeness (QED) is 0.166. The Hall–Kier alpha value is -8.34. The summed E-state index contributed by atoms with van der Waals surface area (Å²) < 4.78 is 14.6. The van der Waals surface area contributed by atoms with Gasteiger partial charge in [0.15, 0.2) is 5.58 Å². The normalized spacial score (nSPS) is 14.4. The largest absolute Gasteiger partial charge is 0.456 e. The number of benzene rings is 10. The Morgan fingerprint density at radius 3 is 1.29 bits per heavy atom. The van der Waals surface area contributed by atoms with Gasteiger partial charge in [-0.2, -0.15) is 0 Å². The summed E-state index contributed by atoms with van der Waals surface area (Å²) in [7, 11) is 0. The molecule has 0 N–H and O–H groups in total. The molecule has 0 fully saturated rings. The number of para-hydroxylation sites is 1. The highest BCUT2D eigenvalue weighted by molar-refractivity contribution is 6.34. The molecular weight excluding hydrogens is 925 g/mol. The van der Waals surface area contributed by atoms with Gasteiger partial charge in [0.05, 0.1) is 11.4 Å². The van der Waals surface area contributed by atoms with Crippen molar-refractivity contribution in [3.8, 4) is 22.3 Å². The van der Waals surface area contributed by atoms with E-state index in [0.717, 1.165) is 88.8 Å². The molecule has 0 saturated carbocycles. The third-order valence-corrected chi connectivity index (χ3v) is 17.2. The molecule has 0 aliphatic heterocycles. The van der Waals surface area contributed by atoms with Gasteiger partial charge in [0.25, 0.3) is 0 Å². The van der Waals surface area contributed by atoms with Crippen molar-refractivity contribution in [2.45, 2.75) is 90.9 Å². The van der Waals surface area contributed by atoms with Gasteiger partial charge in [-0.05, 0) is 126 Å². The number of rotatable bonds is 6. The molecule has 2 aliphatic rings. The molecular formula is C72H62N2O2. The molecule has 12 aromatic rings. The summed E-state index contributed by atoms with van der Waals surface area (Å²) in [4.78, 5) is 4.84. The predicted octanol–water partition coefficient (Wildman–Crippen LogP) is 20.8. The predicted molar refractivity (Wildman–Crippen MR) is 320 cm³/mol. The Balaban J connectivity index is 1.04. The van der Waals surface area contributed by atoms with Crippen molar-refractivity contribution < 1.29 is 8.83 Å².